The molecule has 2 aromatic rings. The number of carbonyl (C=O) groups excluding carboxylic acids is 1. The van der Waals surface area contributed by atoms with Crippen LogP contribution >= 0.6 is 11.6 Å². The molecule has 0 unspecified atom stereocenters. The summed E-state index contributed by atoms with van der Waals surface area (Å²) in [7, 11) is -3.68. The van der Waals surface area contributed by atoms with Crippen molar-refractivity contribution in [2.75, 3.05) is 10.6 Å². The summed E-state index contributed by atoms with van der Waals surface area (Å²) in [5, 5.41) is 3.39. The van der Waals surface area contributed by atoms with Gasteiger partial charge in [-0.3, -0.25) is 9.10 Å². The molecule has 152 valence electrons. The van der Waals surface area contributed by atoms with E-state index in [-0.39, 0.29) is 11.9 Å². The Hall–Kier alpha value is -2.05. The van der Waals surface area contributed by atoms with Crippen molar-refractivity contribution in [3.8, 4) is 0 Å². The standard InChI is InChI=1S/C21H27ClN2O3S/c1-6-20(17-11-10-14(2)15(3)12-17)23-21(25)16(4)24(28(5,26)27)19-9-7-8-18(22)13-19/h7-13,16,20H,6H2,1-5H3,(H,23,25)/t16-,20-/m1/s1. The molecule has 1 N–H and O–H groups in total. The Balaban J connectivity index is 2.30. The SMILES string of the molecule is CC[C@@H](NC(=O)[C@@H](C)N(c1cccc(Cl)c1)S(C)(=O)=O)c1ccc(C)c(C)c1. The number of hydrogen-bond acceptors (Lipinski definition) is 3. The van der Waals surface area contributed by atoms with Gasteiger partial charge in [0.25, 0.3) is 0 Å². The van der Waals surface area contributed by atoms with Crippen LogP contribution < -0.4 is 9.62 Å². The molecule has 0 saturated carbocycles. The third-order valence-corrected chi connectivity index (χ3v) is 6.29. The van der Waals surface area contributed by atoms with Gasteiger partial charge in [-0.25, -0.2) is 8.42 Å². The molecule has 28 heavy (non-hydrogen) atoms. The molecule has 0 bridgehead atoms. The van der Waals surface area contributed by atoms with Crippen LogP contribution in [0.2, 0.25) is 5.02 Å². The minimum atomic E-state index is -3.68. The van der Waals surface area contributed by atoms with Gasteiger partial charge in [0.05, 0.1) is 18.0 Å². The van der Waals surface area contributed by atoms with Crippen LogP contribution in [-0.4, -0.2) is 26.6 Å². The fraction of sp³-hybridized carbons (Fsp3) is 0.381. The van der Waals surface area contributed by atoms with Crippen molar-refractivity contribution in [3.05, 3.63) is 64.2 Å². The van der Waals surface area contributed by atoms with Crippen LogP contribution in [0.25, 0.3) is 0 Å². The fourth-order valence-corrected chi connectivity index (χ4v) is 4.47. The van der Waals surface area contributed by atoms with Crippen LogP contribution in [-0.2, 0) is 14.8 Å². The average molecular weight is 423 g/mol. The first-order valence-corrected chi connectivity index (χ1v) is 11.4. The monoisotopic (exact) mass is 422 g/mol. The summed E-state index contributed by atoms with van der Waals surface area (Å²) in [5.74, 6) is -0.365. The minimum absolute atomic E-state index is 0.199. The second-order valence-electron chi connectivity index (χ2n) is 7.03. The van der Waals surface area contributed by atoms with Crippen LogP contribution in [0.1, 0.15) is 43.0 Å². The molecule has 0 aliphatic carbocycles. The molecule has 2 aromatic carbocycles. The van der Waals surface area contributed by atoms with E-state index in [1.54, 1.807) is 25.1 Å². The highest BCUT2D eigenvalue weighted by atomic mass is 35.5. The Bertz CT molecular complexity index is 960. The Morgan fingerprint density at radius 3 is 2.36 bits per heavy atom. The Morgan fingerprint density at radius 2 is 1.82 bits per heavy atom. The van der Waals surface area contributed by atoms with Gasteiger partial charge in [0, 0.05) is 5.02 Å². The van der Waals surface area contributed by atoms with Gasteiger partial charge >= 0.3 is 0 Å². The van der Waals surface area contributed by atoms with Gasteiger partial charge in [-0.15, -0.1) is 0 Å². The zero-order chi connectivity index (χ0) is 21.1. The fourth-order valence-electron chi connectivity index (χ4n) is 3.12. The molecule has 0 aliphatic rings. The van der Waals surface area contributed by atoms with Crippen LogP contribution in [0.4, 0.5) is 5.69 Å². The molecule has 0 heterocycles. The molecule has 0 fully saturated rings. The summed E-state index contributed by atoms with van der Waals surface area (Å²) >= 11 is 6.02. The van der Waals surface area contributed by atoms with Crippen molar-refractivity contribution in [1.29, 1.82) is 0 Å². The number of nitrogens with one attached hydrogen (secondary N) is 1. The summed E-state index contributed by atoms with van der Waals surface area (Å²) in [6, 6.07) is 11.4. The second-order valence-corrected chi connectivity index (χ2v) is 9.32. The molecular formula is C21H27ClN2O3S. The number of aryl methyl sites for hydroxylation is 2. The molecule has 0 aromatic heterocycles. The lowest BCUT2D eigenvalue weighted by Crippen LogP contribution is -2.48. The van der Waals surface area contributed by atoms with Crippen LogP contribution in [0.5, 0.6) is 0 Å². The quantitative estimate of drug-likeness (QED) is 0.720. The molecule has 5 nitrogen and oxygen atoms in total. The lowest BCUT2D eigenvalue weighted by Gasteiger charge is -2.30. The third kappa shape index (κ3) is 5.26. The highest BCUT2D eigenvalue weighted by molar-refractivity contribution is 7.92. The molecule has 0 aliphatic heterocycles. The molecule has 1 amide bonds. The first-order valence-electron chi connectivity index (χ1n) is 9.17. The van der Waals surface area contributed by atoms with E-state index in [0.717, 1.165) is 21.7 Å². The van der Waals surface area contributed by atoms with E-state index in [0.29, 0.717) is 17.1 Å². The zero-order valence-corrected chi connectivity index (χ0v) is 18.4. The number of benzene rings is 2. The molecule has 2 rings (SSSR count). The van der Waals surface area contributed by atoms with Crippen molar-refractivity contribution >= 4 is 33.2 Å². The van der Waals surface area contributed by atoms with Gasteiger partial charge in [-0.05, 0) is 62.1 Å². The number of halogens is 1. The molecule has 0 spiro atoms. The molecule has 0 radical (unpaired) electrons. The number of nitrogens with zero attached hydrogens (tertiary/aromatic N) is 1. The third-order valence-electron chi connectivity index (χ3n) is 4.81. The molecular weight excluding hydrogens is 396 g/mol. The van der Waals surface area contributed by atoms with E-state index in [4.69, 9.17) is 11.6 Å². The summed E-state index contributed by atoms with van der Waals surface area (Å²) in [5.41, 5.74) is 3.69. The van der Waals surface area contributed by atoms with Gasteiger partial charge in [0.1, 0.15) is 6.04 Å². The highest BCUT2D eigenvalue weighted by Gasteiger charge is 2.30. The van der Waals surface area contributed by atoms with Crippen LogP contribution in [0.15, 0.2) is 42.5 Å². The van der Waals surface area contributed by atoms with E-state index in [1.165, 1.54) is 11.6 Å². The Labute approximate surface area is 172 Å². The second kappa shape index (κ2) is 8.97. The first kappa shape index (κ1) is 22.2. The van der Waals surface area contributed by atoms with Crippen LogP contribution in [0, 0.1) is 13.8 Å². The number of carbonyl (C=O) groups is 1. The lowest BCUT2D eigenvalue weighted by atomic mass is 9.99. The first-order chi connectivity index (χ1) is 13.0. The summed E-state index contributed by atoms with van der Waals surface area (Å²) in [6.07, 6.45) is 1.77. The van der Waals surface area contributed by atoms with Gasteiger partial charge in [-0.1, -0.05) is 42.8 Å². The predicted octanol–water partition coefficient (Wildman–Crippen LogP) is 4.38. The molecule has 0 saturated heterocycles. The highest BCUT2D eigenvalue weighted by Crippen LogP contribution is 2.25. The van der Waals surface area contributed by atoms with Crippen molar-refractivity contribution in [2.45, 2.75) is 46.2 Å². The van der Waals surface area contributed by atoms with E-state index in [1.807, 2.05) is 32.9 Å². The number of sulfonamides is 1. The van der Waals surface area contributed by atoms with Gasteiger partial charge in [0.15, 0.2) is 0 Å². The van der Waals surface area contributed by atoms with Gasteiger partial charge in [0.2, 0.25) is 15.9 Å². The summed E-state index contributed by atoms with van der Waals surface area (Å²) in [4.78, 5) is 12.9. The van der Waals surface area contributed by atoms with E-state index in [2.05, 4.69) is 11.4 Å². The average Bonchev–Trinajstić information content (AvgIpc) is 2.60. The van der Waals surface area contributed by atoms with Crippen LogP contribution in [0.3, 0.4) is 0 Å². The van der Waals surface area contributed by atoms with E-state index in [9.17, 15) is 13.2 Å². The largest absolute Gasteiger partial charge is 0.347 e. The smallest absolute Gasteiger partial charge is 0.244 e. The lowest BCUT2D eigenvalue weighted by molar-refractivity contribution is -0.122. The maximum absolute atomic E-state index is 12.9. The van der Waals surface area contributed by atoms with Crippen molar-refractivity contribution in [3.63, 3.8) is 0 Å². The Kier molecular flexibility index (Phi) is 7.12. The normalized spacial score (nSPS) is 13.6. The van der Waals surface area contributed by atoms with Gasteiger partial charge in [-0.2, -0.15) is 0 Å². The number of hydrogen-bond donors (Lipinski definition) is 1. The number of anilines is 1. The molecule has 7 heteroatoms. The van der Waals surface area contributed by atoms with Crippen molar-refractivity contribution in [2.24, 2.45) is 0 Å². The minimum Gasteiger partial charge on any atom is -0.347 e. The Morgan fingerprint density at radius 1 is 1.14 bits per heavy atom. The summed E-state index contributed by atoms with van der Waals surface area (Å²) < 4.78 is 25.9. The number of rotatable bonds is 7. The zero-order valence-electron chi connectivity index (χ0n) is 16.9. The van der Waals surface area contributed by atoms with Crippen molar-refractivity contribution < 1.29 is 13.2 Å². The summed E-state index contributed by atoms with van der Waals surface area (Å²) in [6.45, 7) is 7.62. The van der Waals surface area contributed by atoms with E-state index >= 15 is 0 Å². The topological polar surface area (TPSA) is 66.5 Å². The van der Waals surface area contributed by atoms with Crippen molar-refractivity contribution in [1.82, 2.24) is 5.32 Å². The maximum atomic E-state index is 12.9. The maximum Gasteiger partial charge on any atom is 0.244 e. The predicted molar refractivity (Wildman–Crippen MR) is 115 cm³/mol. The molecule has 2 atom stereocenters. The number of amides is 1. The van der Waals surface area contributed by atoms with E-state index < -0.39 is 16.1 Å². The van der Waals surface area contributed by atoms with Gasteiger partial charge < -0.3 is 5.32 Å².